The molecule has 6 nitrogen and oxygen atoms in total. The Hall–Kier alpha value is -2.00. The highest BCUT2D eigenvalue weighted by atomic mass is 32.2. The largest absolute Gasteiger partial charge is 0.389 e. The molecule has 0 radical (unpaired) electrons. The van der Waals surface area contributed by atoms with E-state index in [-0.39, 0.29) is 21.3 Å². The number of nitrogens with two attached hydrogens (primary N) is 1. The van der Waals surface area contributed by atoms with Crippen molar-refractivity contribution in [3.8, 4) is 0 Å². The van der Waals surface area contributed by atoms with Crippen LogP contribution in [-0.2, 0) is 10.0 Å². The van der Waals surface area contributed by atoms with Gasteiger partial charge in [-0.2, -0.15) is 8.42 Å². The lowest BCUT2D eigenvalue weighted by Gasteiger charge is -2.10. The minimum absolute atomic E-state index is 0.103. The summed E-state index contributed by atoms with van der Waals surface area (Å²) in [5.74, 6) is -0.104. The molecule has 0 aliphatic rings. The summed E-state index contributed by atoms with van der Waals surface area (Å²) >= 11 is 4.78. The molecule has 2 rings (SSSR count). The van der Waals surface area contributed by atoms with Crippen molar-refractivity contribution in [1.82, 2.24) is 9.97 Å². The van der Waals surface area contributed by atoms with Crippen LogP contribution in [-0.4, -0.2) is 23.4 Å². The number of hydrogen-bond donors (Lipinski definition) is 3. The first-order valence-corrected chi connectivity index (χ1v) is 7.32. The van der Waals surface area contributed by atoms with Gasteiger partial charge in [0.2, 0.25) is 0 Å². The Morgan fingerprint density at radius 3 is 2.75 bits per heavy atom. The molecular formula is C11H11FN4O2S2. The second-order valence-corrected chi connectivity index (χ2v) is 6.08. The van der Waals surface area contributed by atoms with Gasteiger partial charge in [0.25, 0.3) is 10.0 Å². The molecule has 4 N–H and O–H groups in total. The second kappa shape index (κ2) is 5.17. The van der Waals surface area contributed by atoms with E-state index in [0.717, 1.165) is 12.1 Å². The third-order valence-corrected chi connectivity index (χ3v) is 3.96. The fourth-order valence-electron chi connectivity index (χ4n) is 1.54. The predicted molar refractivity (Wildman–Crippen MR) is 76.4 cm³/mol. The zero-order valence-corrected chi connectivity index (χ0v) is 12.0. The van der Waals surface area contributed by atoms with Crippen LogP contribution < -0.4 is 10.5 Å². The Labute approximate surface area is 120 Å². The van der Waals surface area contributed by atoms with Crippen LogP contribution in [0.5, 0.6) is 0 Å². The van der Waals surface area contributed by atoms with Gasteiger partial charge in [-0.05, 0) is 25.1 Å². The van der Waals surface area contributed by atoms with Crippen LogP contribution in [0.4, 0.5) is 10.1 Å². The molecule has 1 heterocycles. The van der Waals surface area contributed by atoms with Gasteiger partial charge in [0.15, 0.2) is 5.03 Å². The number of H-pyrrole nitrogens is 1. The first-order chi connectivity index (χ1) is 9.29. The topological polar surface area (TPSA) is 101 Å². The van der Waals surface area contributed by atoms with E-state index in [0.29, 0.717) is 5.82 Å². The predicted octanol–water partition coefficient (Wildman–Crippen LogP) is 1.29. The van der Waals surface area contributed by atoms with Crippen LogP contribution in [0.2, 0.25) is 0 Å². The Balaban J connectivity index is 2.42. The van der Waals surface area contributed by atoms with Crippen LogP contribution in [0.15, 0.2) is 29.4 Å². The number of halogens is 1. The molecule has 2 aromatic rings. The summed E-state index contributed by atoms with van der Waals surface area (Å²) in [6, 6.07) is 3.43. The third-order valence-electron chi connectivity index (χ3n) is 2.46. The van der Waals surface area contributed by atoms with Gasteiger partial charge in [-0.1, -0.05) is 12.2 Å². The van der Waals surface area contributed by atoms with E-state index in [1.807, 2.05) is 0 Å². The summed E-state index contributed by atoms with van der Waals surface area (Å²) in [6.45, 7) is 1.62. The van der Waals surface area contributed by atoms with Crippen molar-refractivity contribution in [3.63, 3.8) is 0 Å². The summed E-state index contributed by atoms with van der Waals surface area (Å²) in [5.41, 5.74) is 5.67. The first-order valence-electron chi connectivity index (χ1n) is 5.43. The van der Waals surface area contributed by atoms with Crippen molar-refractivity contribution >= 4 is 32.9 Å². The lowest BCUT2D eigenvalue weighted by molar-refractivity contribution is 0.598. The van der Waals surface area contributed by atoms with E-state index in [1.54, 1.807) is 6.92 Å². The molecule has 0 bridgehead atoms. The van der Waals surface area contributed by atoms with E-state index >= 15 is 0 Å². The molecule has 1 aromatic carbocycles. The number of nitrogens with zero attached hydrogens (tertiary/aromatic N) is 1. The minimum Gasteiger partial charge on any atom is -0.389 e. The molecule has 0 spiro atoms. The maximum Gasteiger partial charge on any atom is 0.279 e. The van der Waals surface area contributed by atoms with Crippen molar-refractivity contribution in [2.75, 3.05) is 4.72 Å². The second-order valence-electron chi connectivity index (χ2n) is 3.99. The number of nitrogens with one attached hydrogen (secondary N) is 2. The average Bonchev–Trinajstić information content (AvgIpc) is 2.78. The highest BCUT2D eigenvalue weighted by molar-refractivity contribution is 7.92. The Morgan fingerprint density at radius 2 is 2.20 bits per heavy atom. The summed E-state index contributed by atoms with van der Waals surface area (Å²) in [4.78, 5) is 6.30. The molecule has 1 aromatic heterocycles. The SMILES string of the molecule is Cc1ncc(S(=O)(=O)Nc2ccc(F)cc2C(N)=S)[nH]1. The van der Waals surface area contributed by atoms with E-state index in [4.69, 9.17) is 18.0 Å². The van der Waals surface area contributed by atoms with Crippen LogP contribution >= 0.6 is 12.2 Å². The summed E-state index contributed by atoms with van der Waals surface area (Å²) in [5, 5.41) is -0.104. The number of imidazole rings is 1. The van der Waals surface area contributed by atoms with Crippen molar-refractivity contribution in [2.24, 2.45) is 5.73 Å². The van der Waals surface area contributed by atoms with Gasteiger partial charge >= 0.3 is 0 Å². The van der Waals surface area contributed by atoms with Gasteiger partial charge in [-0.15, -0.1) is 0 Å². The van der Waals surface area contributed by atoms with Crippen molar-refractivity contribution in [3.05, 3.63) is 41.6 Å². The van der Waals surface area contributed by atoms with E-state index in [1.165, 1.54) is 12.3 Å². The highest BCUT2D eigenvalue weighted by Gasteiger charge is 2.19. The Kier molecular flexibility index (Phi) is 3.73. The Morgan fingerprint density at radius 1 is 1.50 bits per heavy atom. The zero-order valence-electron chi connectivity index (χ0n) is 10.3. The van der Waals surface area contributed by atoms with Gasteiger partial charge in [-0.25, -0.2) is 9.37 Å². The number of anilines is 1. The maximum atomic E-state index is 13.2. The fraction of sp³-hybridized carbons (Fsp3) is 0.0909. The van der Waals surface area contributed by atoms with Gasteiger partial charge in [0.05, 0.1) is 11.9 Å². The minimum atomic E-state index is -3.87. The van der Waals surface area contributed by atoms with Crippen LogP contribution in [0.1, 0.15) is 11.4 Å². The van der Waals surface area contributed by atoms with Crippen molar-refractivity contribution in [1.29, 1.82) is 0 Å². The number of rotatable bonds is 4. The zero-order chi connectivity index (χ0) is 14.9. The number of aromatic nitrogens is 2. The molecule has 0 saturated heterocycles. The van der Waals surface area contributed by atoms with Gasteiger partial charge in [0, 0.05) is 5.56 Å². The lowest BCUT2D eigenvalue weighted by atomic mass is 10.2. The van der Waals surface area contributed by atoms with Crippen LogP contribution in [0.25, 0.3) is 0 Å². The maximum absolute atomic E-state index is 13.2. The number of benzene rings is 1. The van der Waals surface area contributed by atoms with Gasteiger partial charge < -0.3 is 10.7 Å². The van der Waals surface area contributed by atoms with Crippen LogP contribution in [0, 0.1) is 12.7 Å². The van der Waals surface area contributed by atoms with Gasteiger partial charge in [-0.3, -0.25) is 4.72 Å². The number of sulfonamides is 1. The van der Waals surface area contributed by atoms with E-state index in [2.05, 4.69) is 14.7 Å². The summed E-state index contributed by atoms with van der Waals surface area (Å²) < 4.78 is 39.7. The summed E-state index contributed by atoms with van der Waals surface area (Å²) in [7, 11) is -3.87. The number of hydrogen-bond acceptors (Lipinski definition) is 4. The highest BCUT2D eigenvalue weighted by Crippen LogP contribution is 2.20. The van der Waals surface area contributed by atoms with Gasteiger partial charge in [0.1, 0.15) is 16.6 Å². The molecule has 20 heavy (non-hydrogen) atoms. The normalized spacial score (nSPS) is 11.3. The van der Waals surface area contributed by atoms with E-state index in [9.17, 15) is 12.8 Å². The Bertz CT molecular complexity index is 770. The number of thiocarbonyl (C=S) groups is 1. The molecule has 0 saturated carbocycles. The quantitative estimate of drug-likeness (QED) is 0.738. The molecule has 0 unspecified atom stereocenters. The van der Waals surface area contributed by atoms with Crippen molar-refractivity contribution in [2.45, 2.75) is 11.9 Å². The molecule has 0 amide bonds. The molecule has 0 atom stereocenters. The smallest absolute Gasteiger partial charge is 0.279 e. The lowest BCUT2D eigenvalue weighted by Crippen LogP contribution is -2.18. The van der Waals surface area contributed by atoms with Crippen molar-refractivity contribution < 1.29 is 12.8 Å². The molecule has 0 aliphatic heterocycles. The molecule has 0 aliphatic carbocycles. The summed E-state index contributed by atoms with van der Waals surface area (Å²) in [6.07, 6.45) is 1.18. The number of aryl methyl sites for hydroxylation is 1. The standard InChI is InChI=1S/C11H11FN4O2S2/c1-6-14-5-10(15-6)20(17,18)16-9-3-2-7(12)4-8(9)11(13)19/h2-5,16H,1H3,(H2,13,19)(H,14,15). The monoisotopic (exact) mass is 314 g/mol. The molecular weight excluding hydrogens is 303 g/mol. The molecule has 0 fully saturated rings. The average molecular weight is 314 g/mol. The fourth-order valence-corrected chi connectivity index (χ4v) is 2.76. The first kappa shape index (κ1) is 14.4. The molecule has 9 heteroatoms. The number of aromatic amines is 1. The van der Waals surface area contributed by atoms with Crippen LogP contribution in [0.3, 0.4) is 0 Å². The molecule has 106 valence electrons. The third kappa shape index (κ3) is 2.94. The van der Waals surface area contributed by atoms with E-state index < -0.39 is 15.8 Å².